The van der Waals surface area contributed by atoms with Gasteiger partial charge in [-0.1, -0.05) is 50.8 Å². The number of rotatable bonds is 11. The number of halogens is 2. The van der Waals surface area contributed by atoms with E-state index in [1.165, 1.54) is 37.8 Å². The molecular formula is C26H33F2O2. The highest BCUT2D eigenvalue weighted by Crippen LogP contribution is 2.31. The molecule has 30 heavy (non-hydrogen) atoms. The summed E-state index contributed by atoms with van der Waals surface area (Å²) in [6, 6.07) is 12.0. The molecule has 4 heteroatoms. The fourth-order valence-electron chi connectivity index (χ4n) is 4.04. The SMILES string of the molecule is CCCCCCCO[C@H]1CC[C@H](COc2[c]ccc(-c3ccc(F)cc3)c2F)CC1. The minimum atomic E-state index is -0.441. The fraction of sp³-hybridized carbons (Fsp3) is 0.538. The van der Waals surface area contributed by atoms with Gasteiger partial charge in [-0.2, -0.15) is 0 Å². The maximum absolute atomic E-state index is 14.9. The minimum Gasteiger partial charge on any atom is -0.490 e. The van der Waals surface area contributed by atoms with Crippen molar-refractivity contribution in [1.82, 2.24) is 0 Å². The maximum atomic E-state index is 14.9. The third-order valence-corrected chi connectivity index (χ3v) is 5.91. The van der Waals surface area contributed by atoms with Crippen LogP contribution >= 0.6 is 0 Å². The molecule has 2 aromatic carbocycles. The van der Waals surface area contributed by atoms with Crippen molar-refractivity contribution < 1.29 is 18.3 Å². The van der Waals surface area contributed by atoms with E-state index >= 15 is 0 Å². The van der Waals surface area contributed by atoms with Gasteiger partial charge in [0, 0.05) is 18.2 Å². The Balaban J connectivity index is 1.41. The highest BCUT2D eigenvalue weighted by atomic mass is 19.1. The molecule has 0 bridgehead atoms. The fourth-order valence-corrected chi connectivity index (χ4v) is 4.04. The van der Waals surface area contributed by atoms with Gasteiger partial charge in [0.25, 0.3) is 0 Å². The van der Waals surface area contributed by atoms with Gasteiger partial charge in [0.1, 0.15) is 5.82 Å². The highest BCUT2D eigenvalue weighted by Gasteiger charge is 2.23. The first-order valence-electron chi connectivity index (χ1n) is 11.4. The molecule has 2 aromatic rings. The first kappa shape index (κ1) is 22.7. The molecule has 3 rings (SSSR count). The van der Waals surface area contributed by atoms with Crippen molar-refractivity contribution in [3.05, 3.63) is 54.1 Å². The molecule has 0 aromatic heterocycles. The number of hydrogen-bond acceptors (Lipinski definition) is 2. The molecule has 1 fully saturated rings. The molecule has 1 saturated carbocycles. The molecule has 0 saturated heterocycles. The van der Waals surface area contributed by atoms with Crippen molar-refractivity contribution in [3.63, 3.8) is 0 Å². The summed E-state index contributed by atoms with van der Waals surface area (Å²) in [6.07, 6.45) is 10.8. The van der Waals surface area contributed by atoms with Crippen molar-refractivity contribution in [2.45, 2.75) is 70.8 Å². The predicted molar refractivity (Wildman–Crippen MR) is 117 cm³/mol. The van der Waals surface area contributed by atoms with Crippen molar-refractivity contribution in [2.24, 2.45) is 5.92 Å². The summed E-state index contributed by atoms with van der Waals surface area (Å²) in [7, 11) is 0. The summed E-state index contributed by atoms with van der Waals surface area (Å²) in [4.78, 5) is 0. The van der Waals surface area contributed by atoms with Crippen LogP contribution in [0.5, 0.6) is 5.75 Å². The van der Waals surface area contributed by atoms with E-state index in [2.05, 4.69) is 13.0 Å². The quantitative estimate of drug-likeness (QED) is 0.357. The topological polar surface area (TPSA) is 18.5 Å². The van der Waals surface area contributed by atoms with E-state index in [4.69, 9.17) is 9.47 Å². The van der Waals surface area contributed by atoms with Crippen LogP contribution in [-0.2, 0) is 4.74 Å². The van der Waals surface area contributed by atoms with Gasteiger partial charge in [-0.15, -0.1) is 0 Å². The molecule has 0 heterocycles. The third kappa shape index (κ3) is 6.80. The summed E-state index contributed by atoms with van der Waals surface area (Å²) < 4.78 is 39.8. The van der Waals surface area contributed by atoms with E-state index in [1.807, 2.05) is 0 Å². The Kier molecular flexibility index (Phi) is 9.13. The van der Waals surface area contributed by atoms with Gasteiger partial charge >= 0.3 is 0 Å². The summed E-state index contributed by atoms with van der Waals surface area (Å²) in [5.74, 6) is -0.225. The molecule has 0 spiro atoms. The second kappa shape index (κ2) is 12.0. The first-order valence-corrected chi connectivity index (χ1v) is 11.4. The molecule has 1 aliphatic rings. The van der Waals surface area contributed by atoms with Crippen molar-refractivity contribution in [2.75, 3.05) is 13.2 Å². The zero-order valence-corrected chi connectivity index (χ0v) is 18.0. The van der Waals surface area contributed by atoms with Crippen LogP contribution in [-0.4, -0.2) is 19.3 Å². The Labute approximate surface area is 179 Å². The maximum Gasteiger partial charge on any atom is 0.173 e. The average molecular weight is 416 g/mol. The van der Waals surface area contributed by atoms with E-state index < -0.39 is 5.82 Å². The summed E-state index contributed by atoms with van der Waals surface area (Å²) in [6.45, 7) is 3.59. The minimum absolute atomic E-state index is 0.141. The number of ether oxygens (including phenoxy) is 2. The Bertz CT molecular complexity index is 752. The Morgan fingerprint density at radius 2 is 1.67 bits per heavy atom. The second-order valence-electron chi connectivity index (χ2n) is 8.28. The van der Waals surface area contributed by atoms with Crippen LogP contribution < -0.4 is 4.74 Å². The van der Waals surface area contributed by atoms with Crippen LogP contribution in [0.25, 0.3) is 11.1 Å². The molecule has 0 unspecified atom stereocenters. The van der Waals surface area contributed by atoms with E-state index in [0.29, 0.717) is 29.8 Å². The lowest BCUT2D eigenvalue weighted by Crippen LogP contribution is -2.25. The number of hydrogen-bond donors (Lipinski definition) is 0. The lowest BCUT2D eigenvalue weighted by atomic mass is 9.88. The molecular weight excluding hydrogens is 382 g/mol. The van der Waals surface area contributed by atoms with Gasteiger partial charge < -0.3 is 9.47 Å². The van der Waals surface area contributed by atoms with Gasteiger partial charge in [0.15, 0.2) is 11.6 Å². The molecule has 2 nitrogen and oxygen atoms in total. The second-order valence-corrected chi connectivity index (χ2v) is 8.28. The van der Waals surface area contributed by atoms with Gasteiger partial charge in [-0.3, -0.25) is 0 Å². The van der Waals surface area contributed by atoms with Crippen LogP contribution in [0.4, 0.5) is 8.78 Å². The summed E-state index contributed by atoms with van der Waals surface area (Å²) in [5.41, 5.74) is 1.03. The monoisotopic (exact) mass is 415 g/mol. The lowest BCUT2D eigenvalue weighted by Gasteiger charge is -2.28. The van der Waals surface area contributed by atoms with Gasteiger partial charge in [-0.25, -0.2) is 8.78 Å². The van der Waals surface area contributed by atoms with Crippen molar-refractivity contribution in [3.8, 4) is 16.9 Å². The molecule has 0 aliphatic heterocycles. The zero-order valence-electron chi connectivity index (χ0n) is 18.0. The highest BCUT2D eigenvalue weighted by molar-refractivity contribution is 5.65. The van der Waals surface area contributed by atoms with Crippen LogP contribution in [0.1, 0.15) is 64.7 Å². The standard InChI is InChI=1S/C26H33F2O2/c1-2-3-4-5-6-18-29-23-16-10-20(11-17-23)19-30-25-9-7-8-24(26(25)28)21-12-14-22(27)15-13-21/h7-8,12-15,20,23H,2-6,10-11,16-19H2,1H3/t20-,23-. The predicted octanol–water partition coefficient (Wildman–Crippen LogP) is 7.36. The Morgan fingerprint density at radius 3 is 2.40 bits per heavy atom. The lowest BCUT2D eigenvalue weighted by molar-refractivity contribution is 0.0109. The summed E-state index contributed by atoms with van der Waals surface area (Å²) in [5, 5.41) is 0. The van der Waals surface area contributed by atoms with E-state index in [-0.39, 0.29) is 11.6 Å². The van der Waals surface area contributed by atoms with E-state index in [0.717, 1.165) is 38.7 Å². The number of benzene rings is 2. The van der Waals surface area contributed by atoms with Crippen LogP contribution in [0.3, 0.4) is 0 Å². The van der Waals surface area contributed by atoms with Crippen LogP contribution in [0, 0.1) is 23.6 Å². The van der Waals surface area contributed by atoms with Crippen LogP contribution in [0.2, 0.25) is 0 Å². The third-order valence-electron chi connectivity index (χ3n) is 5.91. The molecule has 1 radical (unpaired) electrons. The van der Waals surface area contributed by atoms with Crippen molar-refractivity contribution >= 4 is 0 Å². The molecule has 0 atom stereocenters. The molecule has 0 N–H and O–H groups in total. The molecule has 1 aliphatic carbocycles. The zero-order chi connectivity index (χ0) is 21.2. The average Bonchev–Trinajstić information content (AvgIpc) is 2.77. The number of unbranched alkanes of at least 4 members (excludes halogenated alkanes) is 4. The normalized spacial score (nSPS) is 19.0. The Morgan fingerprint density at radius 1 is 0.933 bits per heavy atom. The van der Waals surface area contributed by atoms with E-state index in [1.54, 1.807) is 24.3 Å². The van der Waals surface area contributed by atoms with Crippen molar-refractivity contribution in [1.29, 1.82) is 0 Å². The van der Waals surface area contributed by atoms with Gasteiger partial charge in [-0.05, 0) is 61.8 Å². The summed E-state index contributed by atoms with van der Waals surface area (Å²) >= 11 is 0. The van der Waals surface area contributed by atoms with Gasteiger partial charge in [0.2, 0.25) is 0 Å². The van der Waals surface area contributed by atoms with E-state index in [9.17, 15) is 8.78 Å². The van der Waals surface area contributed by atoms with Gasteiger partial charge in [0.05, 0.1) is 12.7 Å². The Hall–Kier alpha value is -1.94. The first-order chi connectivity index (χ1) is 14.7. The smallest absolute Gasteiger partial charge is 0.173 e. The molecule has 0 amide bonds. The largest absolute Gasteiger partial charge is 0.490 e. The van der Waals surface area contributed by atoms with Crippen LogP contribution in [0.15, 0.2) is 36.4 Å². The molecule has 163 valence electrons.